The fourth-order valence-electron chi connectivity index (χ4n) is 2.52. The molecule has 1 heterocycles. The molecule has 1 aromatic rings. The van der Waals surface area contributed by atoms with E-state index in [0.29, 0.717) is 5.95 Å². The number of aliphatic hydroxyl groups is 1. The second-order valence-electron chi connectivity index (χ2n) is 5.58. The van der Waals surface area contributed by atoms with Gasteiger partial charge in [-0.2, -0.15) is 15.0 Å². The molecule has 2 atom stereocenters. The van der Waals surface area contributed by atoms with E-state index in [1.165, 1.54) is 0 Å². The van der Waals surface area contributed by atoms with Crippen LogP contribution in [0, 0.1) is 0 Å². The summed E-state index contributed by atoms with van der Waals surface area (Å²) in [6.07, 6.45) is 3.45. The number of nitrogens with zero attached hydrogens (tertiary/aromatic N) is 4. The summed E-state index contributed by atoms with van der Waals surface area (Å²) in [4.78, 5) is 14.5. The van der Waals surface area contributed by atoms with Crippen LogP contribution < -0.4 is 20.9 Å². The maximum Gasteiger partial charge on any atom is 0.323 e. The fourth-order valence-corrected chi connectivity index (χ4v) is 2.52. The van der Waals surface area contributed by atoms with Gasteiger partial charge in [0.25, 0.3) is 0 Å². The van der Waals surface area contributed by atoms with Crippen LogP contribution in [0.5, 0.6) is 6.01 Å². The Morgan fingerprint density at radius 1 is 1.29 bits per heavy atom. The third kappa shape index (κ3) is 3.92. The van der Waals surface area contributed by atoms with E-state index < -0.39 is 0 Å². The lowest BCUT2D eigenvalue weighted by molar-refractivity contribution is 0.105. The second kappa shape index (κ2) is 6.86. The van der Waals surface area contributed by atoms with Crippen LogP contribution in [0.2, 0.25) is 0 Å². The normalized spacial score (nSPS) is 22.2. The fraction of sp³-hybridized carbons (Fsp3) is 0.769. The van der Waals surface area contributed by atoms with Crippen molar-refractivity contribution in [1.82, 2.24) is 15.0 Å². The highest BCUT2D eigenvalue weighted by molar-refractivity contribution is 5.38. The Kier molecular flexibility index (Phi) is 5.13. The lowest BCUT2D eigenvalue weighted by atomic mass is 9.92. The van der Waals surface area contributed by atoms with Crippen molar-refractivity contribution < 1.29 is 9.84 Å². The van der Waals surface area contributed by atoms with Crippen LogP contribution in [0.1, 0.15) is 39.5 Å². The molecule has 1 aromatic heterocycles. The van der Waals surface area contributed by atoms with Gasteiger partial charge in [0.15, 0.2) is 0 Å². The van der Waals surface area contributed by atoms with Crippen molar-refractivity contribution in [2.24, 2.45) is 5.84 Å². The summed E-state index contributed by atoms with van der Waals surface area (Å²) in [7, 11) is 1.87. The zero-order chi connectivity index (χ0) is 15.4. The number of hydrogen-bond acceptors (Lipinski definition) is 8. The molecule has 8 nitrogen and oxygen atoms in total. The molecule has 0 spiro atoms. The maximum absolute atomic E-state index is 10.2. The highest BCUT2D eigenvalue weighted by Crippen LogP contribution is 2.25. The zero-order valence-corrected chi connectivity index (χ0v) is 12.8. The minimum absolute atomic E-state index is 0.00123. The number of nitrogens with one attached hydrogen (secondary N) is 1. The van der Waals surface area contributed by atoms with E-state index in [2.05, 4.69) is 20.4 Å². The summed E-state index contributed by atoms with van der Waals surface area (Å²) in [6.45, 7) is 3.79. The average Bonchev–Trinajstić information content (AvgIpc) is 2.46. The summed E-state index contributed by atoms with van der Waals surface area (Å²) in [5.74, 6) is 6.09. The van der Waals surface area contributed by atoms with Crippen molar-refractivity contribution in [2.45, 2.75) is 57.8 Å². The molecular formula is C13H24N6O2. The van der Waals surface area contributed by atoms with Crippen molar-refractivity contribution in [1.29, 1.82) is 0 Å². The molecule has 1 aliphatic carbocycles. The quantitative estimate of drug-likeness (QED) is 0.537. The molecule has 0 aliphatic heterocycles. The molecule has 0 bridgehead atoms. The first-order chi connectivity index (χ1) is 10.0. The number of hydrogen-bond donors (Lipinski definition) is 3. The van der Waals surface area contributed by atoms with Crippen LogP contribution in [-0.2, 0) is 0 Å². The first kappa shape index (κ1) is 15.7. The molecule has 118 valence electrons. The molecule has 0 radical (unpaired) electrons. The number of anilines is 2. The third-order valence-corrected chi connectivity index (χ3v) is 3.58. The van der Waals surface area contributed by atoms with Gasteiger partial charge >= 0.3 is 6.01 Å². The highest BCUT2D eigenvalue weighted by Gasteiger charge is 2.28. The molecular weight excluding hydrogens is 272 g/mol. The number of hydrazine groups is 1. The van der Waals surface area contributed by atoms with Gasteiger partial charge in [-0.05, 0) is 26.7 Å². The van der Waals surface area contributed by atoms with Crippen molar-refractivity contribution in [3.63, 3.8) is 0 Å². The minimum Gasteiger partial charge on any atom is -0.461 e. The molecule has 2 unspecified atom stereocenters. The van der Waals surface area contributed by atoms with Gasteiger partial charge < -0.3 is 14.7 Å². The van der Waals surface area contributed by atoms with Gasteiger partial charge in [-0.15, -0.1) is 0 Å². The monoisotopic (exact) mass is 296 g/mol. The van der Waals surface area contributed by atoms with E-state index in [1.807, 2.05) is 25.8 Å². The molecule has 0 amide bonds. The minimum atomic E-state index is -0.371. The second-order valence-corrected chi connectivity index (χ2v) is 5.58. The molecule has 4 N–H and O–H groups in total. The number of aliphatic hydroxyl groups excluding tert-OH is 1. The number of rotatable bonds is 5. The van der Waals surface area contributed by atoms with Gasteiger partial charge in [0.05, 0.1) is 18.2 Å². The summed E-state index contributed by atoms with van der Waals surface area (Å²) in [5.41, 5.74) is 2.42. The van der Waals surface area contributed by atoms with Gasteiger partial charge in [-0.25, -0.2) is 5.84 Å². The molecule has 0 saturated heterocycles. The van der Waals surface area contributed by atoms with E-state index in [-0.39, 0.29) is 30.2 Å². The van der Waals surface area contributed by atoms with Crippen molar-refractivity contribution in [3.8, 4) is 6.01 Å². The van der Waals surface area contributed by atoms with Crippen molar-refractivity contribution >= 4 is 11.9 Å². The zero-order valence-electron chi connectivity index (χ0n) is 12.8. The Morgan fingerprint density at radius 2 is 2.00 bits per heavy atom. The van der Waals surface area contributed by atoms with Crippen molar-refractivity contribution in [2.75, 3.05) is 17.4 Å². The van der Waals surface area contributed by atoms with E-state index in [1.54, 1.807) is 0 Å². The SMILES string of the molecule is CC(C)Oc1nc(NN)nc(N(C)C2CCCCC2O)n1. The van der Waals surface area contributed by atoms with Gasteiger partial charge in [-0.1, -0.05) is 12.8 Å². The molecule has 8 heteroatoms. The first-order valence-electron chi connectivity index (χ1n) is 7.31. The first-order valence-corrected chi connectivity index (χ1v) is 7.31. The topological polar surface area (TPSA) is 109 Å². The molecule has 1 saturated carbocycles. The molecule has 1 aliphatic rings. The molecule has 1 fully saturated rings. The number of nitrogens with two attached hydrogens (primary N) is 1. The Morgan fingerprint density at radius 3 is 2.62 bits per heavy atom. The predicted octanol–water partition coefficient (Wildman–Crippen LogP) is 0.684. The summed E-state index contributed by atoms with van der Waals surface area (Å²) < 4.78 is 5.51. The van der Waals surface area contributed by atoms with E-state index in [0.717, 1.165) is 25.7 Å². The highest BCUT2D eigenvalue weighted by atomic mass is 16.5. The Bertz CT molecular complexity index is 470. The third-order valence-electron chi connectivity index (χ3n) is 3.58. The molecule has 0 aromatic carbocycles. The number of ether oxygens (including phenoxy) is 1. The van der Waals surface area contributed by atoms with Crippen LogP contribution in [-0.4, -0.2) is 45.4 Å². The standard InChI is InChI=1S/C13H24N6O2/c1-8(2)21-13-16-11(18-14)15-12(17-13)19(3)9-6-4-5-7-10(9)20/h8-10,20H,4-7,14H2,1-3H3,(H,15,16,17,18). The molecule has 21 heavy (non-hydrogen) atoms. The van der Waals surface area contributed by atoms with Crippen LogP contribution in [0.4, 0.5) is 11.9 Å². The van der Waals surface area contributed by atoms with Gasteiger partial charge in [0.2, 0.25) is 11.9 Å². The van der Waals surface area contributed by atoms with Gasteiger partial charge in [0.1, 0.15) is 0 Å². The van der Waals surface area contributed by atoms with Crippen LogP contribution >= 0.6 is 0 Å². The van der Waals surface area contributed by atoms with E-state index in [9.17, 15) is 5.11 Å². The summed E-state index contributed by atoms with van der Waals surface area (Å²) in [6, 6.07) is 0.221. The number of likely N-dealkylation sites (N-methyl/N-ethyl adjacent to an activating group) is 1. The van der Waals surface area contributed by atoms with E-state index in [4.69, 9.17) is 10.6 Å². The maximum atomic E-state index is 10.2. The lowest BCUT2D eigenvalue weighted by Crippen LogP contribution is -2.44. The van der Waals surface area contributed by atoms with Crippen LogP contribution in [0.15, 0.2) is 0 Å². The largest absolute Gasteiger partial charge is 0.461 e. The Balaban J connectivity index is 2.24. The summed E-state index contributed by atoms with van der Waals surface area (Å²) >= 11 is 0. The van der Waals surface area contributed by atoms with Crippen LogP contribution in [0.25, 0.3) is 0 Å². The Labute approximate surface area is 124 Å². The predicted molar refractivity (Wildman–Crippen MR) is 80.1 cm³/mol. The number of aromatic nitrogens is 3. The average molecular weight is 296 g/mol. The lowest BCUT2D eigenvalue weighted by Gasteiger charge is -2.35. The Hall–Kier alpha value is -1.67. The summed E-state index contributed by atoms with van der Waals surface area (Å²) in [5, 5.41) is 10.2. The number of nitrogen functional groups attached to an aromatic ring is 1. The van der Waals surface area contributed by atoms with Gasteiger partial charge in [-0.3, -0.25) is 5.43 Å². The van der Waals surface area contributed by atoms with Gasteiger partial charge in [0, 0.05) is 7.05 Å². The van der Waals surface area contributed by atoms with Crippen molar-refractivity contribution in [3.05, 3.63) is 0 Å². The van der Waals surface area contributed by atoms with Crippen LogP contribution in [0.3, 0.4) is 0 Å². The van der Waals surface area contributed by atoms with E-state index >= 15 is 0 Å². The smallest absolute Gasteiger partial charge is 0.323 e. The molecule has 2 rings (SSSR count).